The topological polar surface area (TPSA) is 79.6 Å². The van der Waals surface area contributed by atoms with Crippen LogP contribution in [0.4, 0.5) is 0 Å². The predicted molar refractivity (Wildman–Crippen MR) is 61.1 cm³/mol. The Morgan fingerprint density at radius 3 is 2.94 bits per heavy atom. The second kappa shape index (κ2) is 3.99. The van der Waals surface area contributed by atoms with Crippen molar-refractivity contribution in [3.63, 3.8) is 0 Å². The number of nitrogens with one attached hydrogen (secondary N) is 1. The minimum absolute atomic E-state index is 0.0971. The molecule has 6 nitrogen and oxygen atoms in total. The van der Waals surface area contributed by atoms with E-state index in [1.165, 1.54) is 0 Å². The molecule has 2 N–H and O–H groups in total. The summed E-state index contributed by atoms with van der Waals surface area (Å²) < 4.78 is 1.64. The molecular weight excluding hydrogens is 218 g/mol. The molecule has 6 heteroatoms. The number of aromatic nitrogens is 5. The Balaban J connectivity index is 1.89. The predicted octanol–water partition coefficient (Wildman–Crippen LogP) is 0.695. The third kappa shape index (κ3) is 1.90. The summed E-state index contributed by atoms with van der Waals surface area (Å²) in [6, 6.07) is 7.85. The van der Waals surface area contributed by atoms with Gasteiger partial charge >= 0.3 is 0 Å². The molecule has 86 valence electrons. The molecule has 0 aliphatic rings. The molecular formula is C11H11N5O. The molecule has 1 aromatic carbocycles. The monoisotopic (exact) mass is 229 g/mol. The lowest BCUT2D eigenvalue weighted by Gasteiger charge is -1.94. The van der Waals surface area contributed by atoms with Crippen LogP contribution in [0.1, 0.15) is 11.5 Å². The number of para-hydroxylation sites is 2. The minimum atomic E-state index is -0.0971. The first-order valence-electron chi connectivity index (χ1n) is 5.28. The highest BCUT2D eigenvalue weighted by Crippen LogP contribution is 2.10. The van der Waals surface area contributed by atoms with Crippen LogP contribution in [0.3, 0.4) is 0 Å². The van der Waals surface area contributed by atoms with Crippen molar-refractivity contribution in [2.24, 2.45) is 0 Å². The van der Waals surface area contributed by atoms with Crippen LogP contribution in [0.25, 0.3) is 11.0 Å². The molecule has 0 unspecified atom stereocenters. The van der Waals surface area contributed by atoms with Gasteiger partial charge < -0.3 is 10.1 Å². The summed E-state index contributed by atoms with van der Waals surface area (Å²) in [5.41, 5.74) is 2.50. The highest BCUT2D eigenvalue weighted by atomic mass is 16.3. The molecule has 0 saturated heterocycles. The van der Waals surface area contributed by atoms with Crippen molar-refractivity contribution < 1.29 is 5.11 Å². The second-order valence-corrected chi connectivity index (χ2v) is 3.77. The van der Waals surface area contributed by atoms with Crippen LogP contribution >= 0.6 is 0 Å². The third-order valence-corrected chi connectivity index (χ3v) is 2.50. The standard InChI is InChI=1S/C11H11N5O/c17-7-8-5-16(15-14-8)6-11-12-9-3-1-2-4-10(9)13-11/h1-5,17H,6-7H2,(H,12,13). The van der Waals surface area contributed by atoms with Crippen LogP contribution in [0.5, 0.6) is 0 Å². The smallest absolute Gasteiger partial charge is 0.129 e. The van der Waals surface area contributed by atoms with Crippen LogP contribution in [-0.2, 0) is 13.2 Å². The zero-order valence-corrected chi connectivity index (χ0v) is 9.04. The molecule has 0 fully saturated rings. The van der Waals surface area contributed by atoms with Crippen LogP contribution < -0.4 is 0 Å². The molecule has 2 heterocycles. The molecule has 0 spiro atoms. The lowest BCUT2D eigenvalue weighted by Crippen LogP contribution is -2.01. The SMILES string of the molecule is OCc1cn(Cc2nc3ccccc3[nH]2)nn1. The van der Waals surface area contributed by atoms with E-state index < -0.39 is 0 Å². The van der Waals surface area contributed by atoms with Crippen LogP contribution in [-0.4, -0.2) is 30.1 Å². The number of nitrogens with zero attached hydrogens (tertiary/aromatic N) is 4. The lowest BCUT2D eigenvalue weighted by atomic mass is 10.3. The van der Waals surface area contributed by atoms with E-state index in [1.54, 1.807) is 10.9 Å². The Kier molecular flexibility index (Phi) is 2.34. The van der Waals surface area contributed by atoms with Gasteiger partial charge in [0.15, 0.2) is 0 Å². The van der Waals surface area contributed by atoms with Crippen molar-refractivity contribution in [1.82, 2.24) is 25.0 Å². The molecule has 17 heavy (non-hydrogen) atoms. The normalized spacial score (nSPS) is 11.1. The molecule has 2 aromatic heterocycles. The highest BCUT2D eigenvalue weighted by Gasteiger charge is 2.04. The third-order valence-electron chi connectivity index (χ3n) is 2.50. The Hall–Kier alpha value is -2.21. The molecule has 0 aliphatic carbocycles. The maximum absolute atomic E-state index is 8.89. The second-order valence-electron chi connectivity index (χ2n) is 3.77. The van der Waals surface area contributed by atoms with Crippen molar-refractivity contribution in [3.8, 4) is 0 Å². The molecule has 0 aliphatic heterocycles. The average molecular weight is 229 g/mol. The summed E-state index contributed by atoms with van der Waals surface area (Å²) in [4.78, 5) is 7.65. The fraction of sp³-hybridized carbons (Fsp3) is 0.182. The zero-order valence-electron chi connectivity index (χ0n) is 9.04. The van der Waals surface area contributed by atoms with Gasteiger partial charge in [-0.2, -0.15) is 0 Å². The Morgan fingerprint density at radius 1 is 1.29 bits per heavy atom. The summed E-state index contributed by atoms with van der Waals surface area (Å²) in [6.07, 6.45) is 1.70. The van der Waals surface area contributed by atoms with Gasteiger partial charge in [-0.1, -0.05) is 17.3 Å². The van der Waals surface area contributed by atoms with Crippen molar-refractivity contribution in [2.75, 3.05) is 0 Å². The summed E-state index contributed by atoms with van der Waals surface area (Å²) >= 11 is 0. The molecule has 0 radical (unpaired) electrons. The molecule has 0 atom stereocenters. The van der Waals surface area contributed by atoms with Crippen molar-refractivity contribution in [3.05, 3.63) is 42.0 Å². The minimum Gasteiger partial charge on any atom is -0.390 e. The van der Waals surface area contributed by atoms with Crippen molar-refractivity contribution in [1.29, 1.82) is 0 Å². The van der Waals surface area contributed by atoms with E-state index in [0.29, 0.717) is 12.2 Å². The number of aromatic amines is 1. The van der Waals surface area contributed by atoms with E-state index in [9.17, 15) is 0 Å². The summed E-state index contributed by atoms with van der Waals surface area (Å²) in [5, 5.41) is 16.6. The Labute approximate surface area is 96.9 Å². The van der Waals surface area contributed by atoms with E-state index >= 15 is 0 Å². The quantitative estimate of drug-likeness (QED) is 0.692. The van der Waals surface area contributed by atoms with Gasteiger partial charge in [0.25, 0.3) is 0 Å². The molecule has 3 rings (SSSR count). The van der Waals surface area contributed by atoms with E-state index in [2.05, 4.69) is 20.3 Å². The van der Waals surface area contributed by atoms with Gasteiger partial charge in [0.1, 0.15) is 18.1 Å². The number of hydrogen-bond acceptors (Lipinski definition) is 4. The fourth-order valence-electron chi connectivity index (χ4n) is 1.72. The lowest BCUT2D eigenvalue weighted by molar-refractivity contribution is 0.276. The molecule has 3 aromatic rings. The van der Waals surface area contributed by atoms with Gasteiger partial charge in [0.2, 0.25) is 0 Å². The first kappa shape index (κ1) is 9.98. The first-order valence-corrected chi connectivity index (χ1v) is 5.28. The van der Waals surface area contributed by atoms with Gasteiger partial charge in [-0.3, -0.25) is 0 Å². The summed E-state index contributed by atoms with van der Waals surface area (Å²) in [5.74, 6) is 0.820. The number of rotatable bonds is 3. The highest BCUT2D eigenvalue weighted by molar-refractivity contribution is 5.74. The number of H-pyrrole nitrogens is 1. The number of imidazole rings is 1. The van der Waals surface area contributed by atoms with Gasteiger partial charge in [0, 0.05) is 0 Å². The van der Waals surface area contributed by atoms with E-state index in [4.69, 9.17) is 5.11 Å². The fourth-order valence-corrected chi connectivity index (χ4v) is 1.72. The summed E-state index contributed by atoms with van der Waals surface area (Å²) in [6.45, 7) is 0.418. The van der Waals surface area contributed by atoms with Gasteiger partial charge in [-0.15, -0.1) is 5.10 Å². The molecule has 0 saturated carbocycles. The van der Waals surface area contributed by atoms with Crippen LogP contribution in [0, 0.1) is 0 Å². The number of aliphatic hydroxyl groups excluding tert-OH is 1. The van der Waals surface area contributed by atoms with E-state index in [-0.39, 0.29) is 6.61 Å². The molecule has 0 bridgehead atoms. The number of fused-ring (bicyclic) bond motifs is 1. The largest absolute Gasteiger partial charge is 0.390 e. The van der Waals surface area contributed by atoms with E-state index in [0.717, 1.165) is 16.9 Å². The summed E-state index contributed by atoms with van der Waals surface area (Å²) in [7, 11) is 0. The van der Waals surface area contributed by atoms with Gasteiger partial charge in [-0.05, 0) is 12.1 Å². The number of benzene rings is 1. The van der Waals surface area contributed by atoms with Gasteiger partial charge in [0.05, 0.1) is 23.8 Å². The van der Waals surface area contributed by atoms with E-state index in [1.807, 2.05) is 24.3 Å². The van der Waals surface area contributed by atoms with Crippen LogP contribution in [0.2, 0.25) is 0 Å². The Bertz CT molecular complexity index is 609. The van der Waals surface area contributed by atoms with Crippen molar-refractivity contribution >= 4 is 11.0 Å². The van der Waals surface area contributed by atoms with Crippen LogP contribution in [0.15, 0.2) is 30.5 Å². The maximum atomic E-state index is 8.89. The first-order chi connectivity index (χ1) is 8.35. The molecule has 0 amide bonds. The Morgan fingerprint density at radius 2 is 2.18 bits per heavy atom. The van der Waals surface area contributed by atoms with Crippen molar-refractivity contribution in [2.45, 2.75) is 13.2 Å². The van der Waals surface area contributed by atoms with Gasteiger partial charge in [-0.25, -0.2) is 9.67 Å². The number of aliphatic hydroxyl groups is 1. The maximum Gasteiger partial charge on any atom is 0.129 e. The average Bonchev–Trinajstić information content (AvgIpc) is 2.94. The zero-order chi connectivity index (χ0) is 11.7. The number of hydrogen-bond donors (Lipinski definition) is 2.